The Labute approximate surface area is 198 Å². The summed E-state index contributed by atoms with van der Waals surface area (Å²) in [4.78, 5) is 37.4. The number of nitrogens with one attached hydrogen (secondary N) is 1. The number of hydrogen-bond acceptors (Lipinski definition) is 5. The monoisotopic (exact) mass is 457 g/mol. The van der Waals surface area contributed by atoms with E-state index in [-0.39, 0.29) is 24.0 Å². The second kappa shape index (κ2) is 10.4. The van der Waals surface area contributed by atoms with Crippen molar-refractivity contribution in [2.24, 2.45) is 0 Å². The number of benzene rings is 3. The number of Topliss-reactive ketones (excluding diaryl/α,β-unsaturated/α-hetero) is 1. The van der Waals surface area contributed by atoms with Crippen molar-refractivity contribution in [3.63, 3.8) is 0 Å². The third kappa shape index (κ3) is 5.07. The van der Waals surface area contributed by atoms with Crippen LogP contribution in [0.25, 0.3) is 11.1 Å². The van der Waals surface area contributed by atoms with Crippen LogP contribution < -0.4 is 5.32 Å². The molecule has 0 radical (unpaired) electrons. The highest BCUT2D eigenvalue weighted by Gasteiger charge is 2.30. The number of carbonyl (C=O) groups is 3. The average molecular weight is 458 g/mol. The zero-order valence-corrected chi connectivity index (χ0v) is 18.9. The molecule has 0 fully saturated rings. The summed E-state index contributed by atoms with van der Waals surface area (Å²) in [5.74, 6) is -1.48. The largest absolute Gasteiger partial charge is 0.456 e. The molecule has 2 N–H and O–H groups in total. The van der Waals surface area contributed by atoms with Gasteiger partial charge < -0.3 is 15.2 Å². The van der Waals surface area contributed by atoms with E-state index in [2.05, 4.69) is 29.6 Å². The minimum Gasteiger partial charge on any atom is -0.456 e. The van der Waals surface area contributed by atoms with Crippen LogP contribution >= 0.6 is 0 Å². The molecule has 4 rings (SSSR count). The zero-order valence-electron chi connectivity index (χ0n) is 18.9. The highest BCUT2D eigenvalue weighted by molar-refractivity contribution is 5.98. The van der Waals surface area contributed by atoms with Crippen LogP contribution in [0.3, 0.4) is 0 Å². The quantitative estimate of drug-likeness (QED) is 0.376. The van der Waals surface area contributed by atoms with Crippen LogP contribution in [0, 0.1) is 0 Å². The molecule has 34 heavy (non-hydrogen) atoms. The molecule has 0 saturated carbocycles. The maximum Gasteiger partial charge on any atom is 0.331 e. The Hall–Kier alpha value is -3.77. The highest BCUT2D eigenvalue weighted by atomic mass is 16.5. The standard InChI is InChI=1S/C28H27NO5/c1-18(30)27(28(33)34-17-25(31)19-9-3-2-4-10-19)29-26(32)16-15-24-22-13-7-5-11-20(22)21-12-6-8-14-23(21)24/h2-14,18,24,27,30H,15-17H2,1H3,(H,29,32)/t18-,27+/m1/s1. The van der Waals surface area contributed by atoms with Gasteiger partial charge in [0.15, 0.2) is 18.4 Å². The Morgan fingerprint density at radius 1 is 0.882 bits per heavy atom. The molecule has 0 spiro atoms. The van der Waals surface area contributed by atoms with Crippen LogP contribution in [0.2, 0.25) is 0 Å². The number of aliphatic hydroxyl groups is 1. The average Bonchev–Trinajstić information content (AvgIpc) is 3.18. The Bertz CT molecular complexity index is 1140. The van der Waals surface area contributed by atoms with Crippen molar-refractivity contribution < 1.29 is 24.2 Å². The summed E-state index contributed by atoms with van der Waals surface area (Å²) in [6, 6.07) is 23.6. The first kappa shape index (κ1) is 23.4. The normalized spacial score (nSPS) is 13.9. The molecule has 0 aliphatic heterocycles. The third-order valence-corrected chi connectivity index (χ3v) is 6.12. The summed E-state index contributed by atoms with van der Waals surface area (Å²) in [6.45, 7) is 0.937. The van der Waals surface area contributed by atoms with Gasteiger partial charge in [-0.25, -0.2) is 4.79 Å². The number of carbonyl (C=O) groups excluding carboxylic acids is 3. The molecule has 0 heterocycles. The van der Waals surface area contributed by atoms with Crippen molar-refractivity contribution in [2.45, 2.75) is 37.8 Å². The molecule has 1 amide bonds. The molecule has 3 aromatic carbocycles. The first-order chi connectivity index (χ1) is 16.5. The second-order valence-electron chi connectivity index (χ2n) is 8.45. The lowest BCUT2D eigenvalue weighted by atomic mass is 9.92. The van der Waals surface area contributed by atoms with Gasteiger partial charge in [-0.3, -0.25) is 9.59 Å². The van der Waals surface area contributed by atoms with Crippen molar-refractivity contribution in [3.8, 4) is 11.1 Å². The predicted octanol–water partition coefficient (Wildman–Crippen LogP) is 3.87. The first-order valence-electron chi connectivity index (χ1n) is 11.4. The molecule has 1 aliphatic carbocycles. The smallest absolute Gasteiger partial charge is 0.331 e. The molecule has 6 heteroatoms. The lowest BCUT2D eigenvalue weighted by Crippen LogP contribution is -2.48. The number of ketones is 1. The highest BCUT2D eigenvalue weighted by Crippen LogP contribution is 2.46. The number of esters is 1. The number of ether oxygens (including phenoxy) is 1. The Morgan fingerprint density at radius 2 is 1.44 bits per heavy atom. The lowest BCUT2D eigenvalue weighted by molar-refractivity contribution is -0.149. The summed E-state index contributed by atoms with van der Waals surface area (Å²) in [5.41, 5.74) is 5.14. The summed E-state index contributed by atoms with van der Waals surface area (Å²) in [7, 11) is 0. The zero-order chi connectivity index (χ0) is 24.1. The van der Waals surface area contributed by atoms with E-state index in [9.17, 15) is 19.5 Å². The van der Waals surface area contributed by atoms with Crippen LogP contribution in [0.5, 0.6) is 0 Å². The van der Waals surface area contributed by atoms with Gasteiger partial charge in [-0.05, 0) is 35.6 Å². The lowest BCUT2D eigenvalue weighted by Gasteiger charge is -2.20. The summed E-state index contributed by atoms with van der Waals surface area (Å²) in [5, 5.41) is 12.6. The van der Waals surface area contributed by atoms with Crippen molar-refractivity contribution in [3.05, 3.63) is 95.6 Å². The van der Waals surface area contributed by atoms with Gasteiger partial charge in [-0.2, -0.15) is 0 Å². The van der Waals surface area contributed by atoms with Crippen LogP contribution in [-0.4, -0.2) is 41.5 Å². The maximum atomic E-state index is 12.7. The summed E-state index contributed by atoms with van der Waals surface area (Å²) < 4.78 is 5.09. The van der Waals surface area contributed by atoms with Gasteiger partial charge in [-0.15, -0.1) is 0 Å². The SMILES string of the molecule is C[C@@H](O)[C@H](NC(=O)CCC1c2ccccc2-c2ccccc21)C(=O)OCC(=O)c1ccccc1. The van der Waals surface area contributed by atoms with Gasteiger partial charge >= 0.3 is 5.97 Å². The van der Waals surface area contributed by atoms with Crippen LogP contribution in [0.4, 0.5) is 0 Å². The molecule has 174 valence electrons. The summed E-state index contributed by atoms with van der Waals surface area (Å²) >= 11 is 0. The first-order valence-corrected chi connectivity index (χ1v) is 11.4. The fourth-order valence-corrected chi connectivity index (χ4v) is 4.40. The number of rotatable bonds is 9. The van der Waals surface area contributed by atoms with Gasteiger partial charge in [0.1, 0.15) is 0 Å². The van der Waals surface area contributed by atoms with E-state index in [1.54, 1.807) is 30.3 Å². The van der Waals surface area contributed by atoms with Gasteiger partial charge in [0.25, 0.3) is 0 Å². The van der Waals surface area contributed by atoms with E-state index in [0.717, 1.165) is 0 Å². The second-order valence-corrected chi connectivity index (χ2v) is 8.45. The summed E-state index contributed by atoms with van der Waals surface area (Å²) in [6.07, 6.45) is -0.433. The fraction of sp³-hybridized carbons (Fsp3) is 0.250. The number of amides is 1. The van der Waals surface area contributed by atoms with Crippen molar-refractivity contribution >= 4 is 17.7 Å². The fourth-order valence-electron chi connectivity index (χ4n) is 4.40. The van der Waals surface area contributed by atoms with Crippen LogP contribution in [0.15, 0.2) is 78.9 Å². The number of hydrogen-bond donors (Lipinski definition) is 2. The molecule has 1 aliphatic rings. The van der Waals surface area contributed by atoms with Gasteiger partial charge in [0, 0.05) is 17.9 Å². The topological polar surface area (TPSA) is 92.7 Å². The van der Waals surface area contributed by atoms with E-state index < -0.39 is 24.7 Å². The molecule has 2 atom stereocenters. The number of aliphatic hydroxyl groups excluding tert-OH is 1. The molecule has 0 saturated heterocycles. The van der Waals surface area contributed by atoms with Crippen LogP contribution in [0.1, 0.15) is 47.2 Å². The van der Waals surface area contributed by atoms with E-state index in [0.29, 0.717) is 12.0 Å². The van der Waals surface area contributed by atoms with Crippen LogP contribution in [-0.2, 0) is 14.3 Å². The molecular formula is C28H27NO5. The van der Waals surface area contributed by atoms with E-state index in [4.69, 9.17) is 4.74 Å². The minimum atomic E-state index is -1.25. The van der Waals surface area contributed by atoms with E-state index >= 15 is 0 Å². The molecular weight excluding hydrogens is 430 g/mol. The van der Waals surface area contributed by atoms with Crippen molar-refractivity contribution in [1.82, 2.24) is 5.32 Å². The molecule has 3 aromatic rings. The van der Waals surface area contributed by atoms with E-state index in [1.165, 1.54) is 29.2 Å². The molecule has 6 nitrogen and oxygen atoms in total. The predicted molar refractivity (Wildman–Crippen MR) is 128 cm³/mol. The van der Waals surface area contributed by atoms with E-state index in [1.807, 2.05) is 24.3 Å². The molecule has 0 aromatic heterocycles. The molecule has 0 unspecified atom stereocenters. The third-order valence-electron chi connectivity index (χ3n) is 6.12. The number of fused-ring (bicyclic) bond motifs is 3. The minimum absolute atomic E-state index is 0.0820. The van der Waals surface area contributed by atoms with Crippen molar-refractivity contribution in [1.29, 1.82) is 0 Å². The van der Waals surface area contributed by atoms with Gasteiger partial charge in [0.2, 0.25) is 5.91 Å². The van der Waals surface area contributed by atoms with Crippen molar-refractivity contribution in [2.75, 3.05) is 6.61 Å². The Balaban J connectivity index is 1.35. The maximum absolute atomic E-state index is 12.7. The van der Waals surface area contributed by atoms with Gasteiger partial charge in [-0.1, -0.05) is 78.9 Å². The van der Waals surface area contributed by atoms with Gasteiger partial charge in [0.05, 0.1) is 6.10 Å². The Morgan fingerprint density at radius 3 is 2.03 bits per heavy atom. The molecule has 0 bridgehead atoms. The Kier molecular flexibility index (Phi) is 7.18.